The standard InChI is InChI=1S/C18H18ClNS.ClH/c1-20(2)11-5-7-14-15-6-3-4-8-17(15)21-18-10-9-13(19)12-16(14)18;/h3-4,6-10,12H,5,11H2,1-2H3;1H/p-1. The van der Waals surface area contributed by atoms with Gasteiger partial charge in [-0.3, -0.25) is 0 Å². The van der Waals surface area contributed by atoms with Crippen LogP contribution in [0.15, 0.2) is 58.3 Å². The highest BCUT2D eigenvalue weighted by Gasteiger charge is 2.20. The van der Waals surface area contributed by atoms with E-state index in [1.807, 2.05) is 17.8 Å². The van der Waals surface area contributed by atoms with Gasteiger partial charge in [-0.05, 0) is 61.5 Å². The van der Waals surface area contributed by atoms with Crippen molar-refractivity contribution in [1.82, 2.24) is 4.90 Å². The van der Waals surface area contributed by atoms with Gasteiger partial charge in [-0.15, -0.1) is 0 Å². The second kappa shape index (κ2) is 7.56. The van der Waals surface area contributed by atoms with Crippen LogP contribution in [0.25, 0.3) is 5.57 Å². The lowest BCUT2D eigenvalue weighted by atomic mass is 9.96. The van der Waals surface area contributed by atoms with Crippen molar-refractivity contribution >= 4 is 28.9 Å². The molecule has 0 saturated heterocycles. The average Bonchev–Trinajstić information content (AvgIpc) is 2.46. The smallest absolute Gasteiger partial charge is 0.0412 e. The molecule has 0 aliphatic carbocycles. The van der Waals surface area contributed by atoms with Crippen LogP contribution in [0.2, 0.25) is 5.02 Å². The third kappa shape index (κ3) is 3.69. The third-order valence-corrected chi connectivity index (χ3v) is 4.94. The Hall–Kier alpha value is -0.930. The van der Waals surface area contributed by atoms with Crippen LogP contribution in [0.5, 0.6) is 0 Å². The molecule has 0 bridgehead atoms. The number of halogens is 2. The molecular formula is C18H18Cl2NS-. The van der Waals surface area contributed by atoms with E-state index >= 15 is 0 Å². The summed E-state index contributed by atoms with van der Waals surface area (Å²) >= 11 is 8.03. The van der Waals surface area contributed by atoms with Crippen LogP contribution in [-0.2, 0) is 0 Å². The fourth-order valence-corrected chi connectivity index (χ4v) is 3.79. The van der Waals surface area contributed by atoms with Crippen molar-refractivity contribution in [2.75, 3.05) is 20.6 Å². The molecule has 1 nitrogen and oxygen atoms in total. The van der Waals surface area contributed by atoms with Crippen LogP contribution < -0.4 is 12.4 Å². The molecule has 2 aromatic rings. The van der Waals surface area contributed by atoms with Gasteiger partial charge in [0.1, 0.15) is 0 Å². The normalized spacial score (nSPS) is 14.5. The average molecular weight is 351 g/mol. The molecule has 2 aromatic carbocycles. The Balaban J connectivity index is 0.00000176. The first-order valence-corrected chi connectivity index (χ1v) is 8.26. The largest absolute Gasteiger partial charge is 1.00 e. The SMILES string of the molecule is CN(C)CCC=C1c2ccccc2Sc2ccc(Cl)cc21.[Cl-]. The van der Waals surface area contributed by atoms with Gasteiger partial charge >= 0.3 is 0 Å². The molecule has 0 aromatic heterocycles. The summed E-state index contributed by atoms with van der Waals surface area (Å²) in [7, 11) is 4.21. The summed E-state index contributed by atoms with van der Waals surface area (Å²) < 4.78 is 0. The van der Waals surface area contributed by atoms with Crippen molar-refractivity contribution in [3.63, 3.8) is 0 Å². The fourth-order valence-electron chi connectivity index (χ4n) is 2.53. The molecule has 1 aliphatic rings. The number of fused-ring (bicyclic) bond motifs is 2. The maximum absolute atomic E-state index is 6.21. The monoisotopic (exact) mass is 350 g/mol. The van der Waals surface area contributed by atoms with Gasteiger partial charge in [0.15, 0.2) is 0 Å². The predicted octanol–water partition coefficient (Wildman–Crippen LogP) is 2.19. The van der Waals surface area contributed by atoms with Crippen molar-refractivity contribution in [2.45, 2.75) is 16.2 Å². The van der Waals surface area contributed by atoms with E-state index in [2.05, 4.69) is 61.5 Å². The molecule has 0 unspecified atom stereocenters. The van der Waals surface area contributed by atoms with Crippen molar-refractivity contribution < 1.29 is 12.4 Å². The van der Waals surface area contributed by atoms with Crippen LogP contribution in [0.3, 0.4) is 0 Å². The van der Waals surface area contributed by atoms with Crippen LogP contribution in [-0.4, -0.2) is 25.5 Å². The maximum atomic E-state index is 6.21. The van der Waals surface area contributed by atoms with E-state index in [1.165, 1.54) is 26.5 Å². The lowest BCUT2D eigenvalue weighted by molar-refractivity contribution is -0.00000411. The molecule has 0 fully saturated rings. The highest BCUT2D eigenvalue weighted by Crippen LogP contribution is 2.46. The lowest BCUT2D eigenvalue weighted by Crippen LogP contribution is -3.00. The van der Waals surface area contributed by atoms with E-state index < -0.39 is 0 Å². The third-order valence-electron chi connectivity index (χ3n) is 3.55. The van der Waals surface area contributed by atoms with Gasteiger partial charge in [0, 0.05) is 21.4 Å². The zero-order chi connectivity index (χ0) is 14.8. The van der Waals surface area contributed by atoms with Gasteiger partial charge in [-0.1, -0.05) is 47.6 Å². The zero-order valence-electron chi connectivity index (χ0n) is 12.6. The number of hydrogen-bond donors (Lipinski definition) is 0. The summed E-state index contributed by atoms with van der Waals surface area (Å²) in [6, 6.07) is 14.8. The quantitative estimate of drug-likeness (QED) is 0.712. The van der Waals surface area contributed by atoms with Gasteiger partial charge in [0.2, 0.25) is 0 Å². The molecule has 1 aliphatic heterocycles. The zero-order valence-corrected chi connectivity index (χ0v) is 15.0. The summed E-state index contributed by atoms with van der Waals surface area (Å²) in [4.78, 5) is 4.82. The highest BCUT2D eigenvalue weighted by molar-refractivity contribution is 7.99. The Morgan fingerprint density at radius 1 is 1.05 bits per heavy atom. The molecule has 3 rings (SSSR count). The van der Waals surface area contributed by atoms with Crippen LogP contribution in [0.1, 0.15) is 17.5 Å². The van der Waals surface area contributed by atoms with E-state index in [0.717, 1.165) is 18.0 Å². The Bertz CT molecular complexity index is 695. The van der Waals surface area contributed by atoms with Crippen LogP contribution in [0.4, 0.5) is 0 Å². The van der Waals surface area contributed by atoms with E-state index in [4.69, 9.17) is 11.6 Å². The molecule has 0 radical (unpaired) electrons. The number of nitrogens with zero attached hydrogens (tertiary/aromatic N) is 1. The molecule has 0 N–H and O–H groups in total. The summed E-state index contributed by atoms with van der Waals surface area (Å²) in [5, 5.41) is 0.798. The van der Waals surface area contributed by atoms with Gasteiger partial charge in [0.05, 0.1) is 0 Å². The van der Waals surface area contributed by atoms with Crippen LogP contribution in [0, 0.1) is 0 Å². The van der Waals surface area contributed by atoms with Gasteiger partial charge < -0.3 is 17.3 Å². The Labute approximate surface area is 147 Å². The van der Waals surface area contributed by atoms with Crippen molar-refractivity contribution in [3.8, 4) is 0 Å². The Kier molecular flexibility index (Phi) is 5.99. The summed E-state index contributed by atoms with van der Waals surface area (Å²) in [5.41, 5.74) is 3.88. The van der Waals surface area contributed by atoms with Crippen molar-refractivity contribution in [2.24, 2.45) is 0 Å². The van der Waals surface area contributed by atoms with Crippen molar-refractivity contribution in [3.05, 3.63) is 64.7 Å². The molecule has 116 valence electrons. The molecule has 1 heterocycles. The minimum Gasteiger partial charge on any atom is -1.00 e. The molecule has 0 saturated carbocycles. The summed E-state index contributed by atoms with van der Waals surface area (Å²) in [5.74, 6) is 0. The first-order chi connectivity index (χ1) is 10.1. The van der Waals surface area contributed by atoms with Gasteiger partial charge in [0.25, 0.3) is 0 Å². The summed E-state index contributed by atoms with van der Waals surface area (Å²) in [6.07, 6.45) is 3.38. The fraction of sp³-hybridized carbons (Fsp3) is 0.222. The second-order valence-corrected chi connectivity index (χ2v) is 6.97. The van der Waals surface area contributed by atoms with E-state index in [1.54, 1.807) is 0 Å². The number of benzene rings is 2. The Morgan fingerprint density at radius 2 is 1.77 bits per heavy atom. The van der Waals surface area contributed by atoms with E-state index in [9.17, 15) is 0 Å². The van der Waals surface area contributed by atoms with Crippen molar-refractivity contribution in [1.29, 1.82) is 0 Å². The molecule has 4 heteroatoms. The maximum Gasteiger partial charge on any atom is 0.0412 e. The van der Waals surface area contributed by atoms with Crippen LogP contribution >= 0.6 is 23.4 Å². The van der Waals surface area contributed by atoms with E-state index in [0.29, 0.717) is 0 Å². The molecular weight excluding hydrogens is 333 g/mol. The van der Waals surface area contributed by atoms with E-state index in [-0.39, 0.29) is 12.4 Å². The topological polar surface area (TPSA) is 3.24 Å². The minimum absolute atomic E-state index is 0. The number of hydrogen-bond acceptors (Lipinski definition) is 2. The van der Waals surface area contributed by atoms with Gasteiger partial charge in [-0.25, -0.2) is 0 Å². The number of rotatable bonds is 3. The van der Waals surface area contributed by atoms with Gasteiger partial charge in [-0.2, -0.15) is 0 Å². The first-order valence-electron chi connectivity index (χ1n) is 7.07. The second-order valence-electron chi connectivity index (χ2n) is 5.45. The molecule has 22 heavy (non-hydrogen) atoms. The molecule has 0 spiro atoms. The summed E-state index contributed by atoms with van der Waals surface area (Å²) in [6.45, 7) is 1.05. The lowest BCUT2D eigenvalue weighted by Gasteiger charge is -2.22. The predicted molar refractivity (Wildman–Crippen MR) is 92.3 cm³/mol. The highest BCUT2D eigenvalue weighted by atomic mass is 35.5. The minimum atomic E-state index is 0. The first kappa shape index (κ1) is 17.4. The molecule has 0 amide bonds. The molecule has 0 atom stereocenters. The Morgan fingerprint density at radius 3 is 2.55 bits per heavy atom.